The monoisotopic (exact) mass is 518 g/mol. The molecule has 0 amide bonds. The first-order valence-corrected chi connectivity index (χ1v) is 14.7. The molecule has 0 aliphatic heterocycles. The van der Waals surface area contributed by atoms with Gasteiger partial charge in [0.25, 0.3) is 0 Å². The second-order valence-electron chi connectivity index (χ2n) is 9.45. The number of hydrogen-bond donors (Lipinski definition) is 1. The van der Waals surface area contributed by atoms with E-state index in [0.29, 0.717) is 12.8 Å². The van der Waals surface area contributed by atoms with Gasteiger partial charge >= 0.3 is 11.9 Å². The van der Waals surface area contributed by atoms with Crippen LogP contribution in [-0.2, 0) is 19.1 Å². The molecule has 0 radical (unpaired) electrons. The highest BCUT2D eigenvalue weighted by Gasteiger charge is 2.15. The fourth-order valence-corrected chi connectivity index (χ4v) is 3.66. The maximum Gasteiger partial charge on any atom is 0.306 e. The van der Waals surface area contributed by atoms with Crippen LogP contribution in [0.5, 0.6) is 0 Å². The standard InChI is InChI=1S/C32H54O5/c1-3-5-7-9-11-13-14-15-16-17-18-19-21-22-24-26-31(34)36-29-30(28-33)37-32(35)27-25-23-20-12-10-8-6-4-2/h5,7,11,13,15-16,18-19,30,33H,3-4,6,8-10,12,14,17,20-29H2,1-2H3/b7-5+,13-11+,16-15+,19-18+/t30-/m0/s1. The Balaban J connectivity index is 3.72. The van der Waals surface area contributed by atoms with Gasteiger partial charge in [-0.3, -0.25) is 9.59 Å². The quantitative estimate of drug-likeness (QED) is 0.0747. The molecule has 1 N–H and O–H groups in total. The van der Waals surface area contributed by atoms with Gasteiger partial charge < -0.3 is 14.6 Å². The lowest BCUT2D eigenvalue weighted by atomic mass is 10.1. The van der Waals surface area contributed by atoms with Gasteiger partial charge in [0.1, 0.15) is 6.61 Å². The normalized spacial score (nSPS) is 12.8. The lowest BCUT2D eigenvalue weighted by Crippen LogP contribution is -2.28. The summed E-state index contributed by atoms with van der Waals surface area (Å²) in [5.41, 5.74) is 0. The molecule has 0 aliphatic rings. The molecular formula is C32H54O5. The first-order chi connectivity index (χ1) is 18.1. The van der Waals surface area contributed by atoms with Crippen LogP contribution in [0.25, 0.3) is 0 Å². The van der Waals surface area contributed by atoms with E-state index in [2.05, 4.69) is 62.5 Å². The Morgan fingerprint density at radius 2 is 1.16 bits per heavy atom. The van der Waals surface area contributed by atoms with Crippen LogP contribution in [0.15, 0.2) is 48.6 Å². The Hall–Kier alpha value is -2.14. The summed E-state index contributed by atoms with van der Waals surface area (Å²) in [6.45, 7) is 3.92. The lowest BCUT2D eigenvalue weighted by molar-refractivity contribution is -0.161. The van der Waals surface area contributed by atoms with Crippen LogP contribution in [0.2, 0.25) is 0 Å². The number of aliphatic hydroxyl groups excluding tert-OH is 1. The molecule has 5 heteroatoms. The van der Waals surface area contributed by atoms with Crippen molar-refractivity contribution in [3.8, 4) is 0 Å². The zero-order chi connectivity index (χ0) is 27.2. The van der Waals surface area contributed by atoms with E-state index >= 15 is 0 Å². The Labute approximate surface area is 227 Å². The van der Waals surface area contributed by atoms with Crippen molar-refractivity contribution >= 4 is 11.9 Å². The minimum atomic E-state index is -0.783. The molecule has 0 saturated heterocycles. The van der Waals surface area contributed by atoms with Crippen LogP contribution in [-0.4, -0.2) is 36.4 Å². The minimum absolute atomic E-state index is 0.0879. The van der Waals surface area contributed by atoms with Crippen LogP contribution in [0.4, 0.5) is 0 Å². The van der Waals surface area contributed by atoms with E-state index in [0.717, 1.165) is 64.2 Å². The van der Waals surface area contributed by atoms with E-state index < -0.39 is 6.10 Å². The maximum atomic E-state index is 12.0. The van der Waals surface area contributed by atoms with E-state index in [-0.39, 0.29) is 25.2 Å². The zero-order valence-corrected chi connectivity index (χ0v) is 23.7. The summed E-state index contributed by atoms with van der Waals surface area (Å²) >= 11 is 0. The average Bonchev–Trinajstić information content (AvgIpc) is 2.90. The van der Waals surface area contributed by atoms with Gasteiger partial charge in [0.2, 0.25) is 0 Å². The van der Waals surface area contributed by atoms with E-state index in [4.69, 9.17) is 9.47 Å². The van der Waals surface area contributed by atoms with E-state index in [1.807, 2.05) is 0 Å². The molecule has 0 saturated carbocycles. The van der Waals surface area contributed by atoms with Crippen molar-refractivity contribution in [2.45, 2.75) is 129 Å². The largest absolute Gasteiger partial charge is 0.462 e. The van der Waals surface area contributed by atoms with Crippen molar-refractivity contribution in [3.63, 3.8) is 0 Å². The smallest absolute Gasteiger partial charge is 0.306 e. The number of unbranched alkanes of at least 4 members (excludes halogenated alkanes) is 9. The topological polar surface area (TPSA) is 72.8 Å². The third-order valence-corrected chi connectivity index (χ3v) is 5.89. The molecule has 0 aromatic rings. The molecule has 0 bridgehead atoms. The summed E-state index contributed by atoms with van der Waals surface area (Å²) < 4.78 is 10.4. The number of hydrogen-bond acceptors (Lipinski definition) is 5. The number of rotatable bonds is 25. The van der Waals surface area contributed by atoms with E-state index in [9.17, 15) is 14.7 Å². The third kappa shape index (κ3) is 26.7. The Bertz CT molecular complexity index is 648. The summed E-state index contributed by atoms with van der Waals surface area (Å²) in [5.74, 6) is -0.651. The van der Waals surface area contributed by atoms with Crippen molar-refractivity contribution in [3.05, 3.63) is 48.6 Å². The molecule has 0 heterocycles. The highest BCUT2D eigenvalue weighted by Crippen LogP contribution is 2.11. The molecular weight excluding hydrogens is 464 g/mol. The Morgan fingerprint density at radius 1 is 0.649 bits per heavy atom. The van der Waals surface area contributed by atoms with E-state index in [1.165, 1.54) is 32.1 Å². The zero-order valence-electron chi connectivity index (χ0n) is 23.7. The average molecular weight is 519 g/mol. The highest BCUT2D eigenvalue weighted by atomic mass is 16.6. The number of esters is 2. The van der Waals surface area contributed by atoms with Crippen LogP contribution in [0.3, 0.4) is 0 Å². The molecule has 0 aromatic heterocycles. The van der Waals surface area contributed by atoms with Gasteiger partial charge in [0.05, 0.1) is 6.61 Å². The molecule has 1 atom stereocenters. The van der Waals surface area contributed by atoms with Crippen LogP contribution in [0, 0.1) is 0 Å². The fraction of sp³-hybridized carbons (Fsp3) is 0.688. The second kappa shape index (κ2) is 28.4. The summed E-state index contributed by atoms with van der Waals surface area (Å²) in [6, 6.07) is 0. The van der Waals surface area contributed by atoms with Gasteiger partial charge in [-0.15, -0.1) is 0 Å². The van der Waals surface area contributed by atoms with Crippen LogP contribution in [0.1, 0.15) is 123 Å². The fourth-order valence-electron chi connectivity index (χ4n) is 3.66. The molecule has 212 valence electrons. The van der Waals surface area contributed by atoms with Gasteiger partial charge in [0.15, 0.2) is 6.10 Å². The number of allylic oxidation sites excluding steroid dienone is 8. The Kier molecular flexibility index (Phi) is 26.8. The predicted octanol–water partition coefficient (Wildman–Crippen LogP) is 8.33. The number of ether oxygens (including phenoxy) is 2. The van der Waals surface area contributed by atoms with Crippen molar-refractivity contribution in [1.82, 2.24) is 0 Å². The third-order valence-electron chi connectivity index (χ3n) is 5.89. The van der Waals surface area contributed by atoms with Crippen molar-refractivity contribution in [1.29, 1.82) is 0 Å². The van der Waals surface area contributed by atoms with Gasteiger partial charge in [-0.2, -0.15) is 0 Å². The van der Waals surface area contributed by atoms with Gasteiger partial charge in [-0.05, 0) is 51.4 Å². The van der Waals surface area contributed by atoms with Crippen LogP contribution < -0.4 is 0 Å². The van der Waals surface area contributed by atoms with Crippen molar-refractivity contribution < 1.29 is 24.2 Å². The molecule has 0 rings (SSSR count). The molecule has 0 aromatic carbocycles. The molecule has 0 unspecified atom stereocenters. The van der Waals surface area contributed by atoms with E-state index in [1.54, 1.807) is 0 Å². The summed E-state index contributed by atoms with van der Waals surface area (Å²) in [6.07, 6.45) is 33.1. The molecule has 5 nitrogen and oxygen atoms in total. The minimum Gasteiger partial charge on any atom is -0.462 e. The first kappa shape index (κ1) is 34.9. The van der Waals surface area contributed by atoms with Gasteiger partial charge in [-0.1, -0.05) is 107 Å². The van der Waals surface area contributed by atoms with Crippen molar-refractivity contribution in [2.75, 3.05) is 13.2 Å². The summed E-state index contributed by atoms with van der Waals surface area (Å²) in [7, 11) is 0. The first-order valence-electron chi connectivity index (χ1n) is 14.7. The van der Waals surface area contributed by atoms with Gasteiger partial charge in [-0.25, -0.2) is 0 Å². The molecule has 0 fully saturated rings. The molecule has 0 spiro atoms. The van der Waals surface area contributed by atoms with Crippen LogP contribution >= 0.6 is 0 Å². The molecule has 0 aliphatic carbocycles. The Morgan fingerprint density at radius 3 is 1.76 bits per heavy atom. The highest BCUT2D eigenvalue weighted by molar-refractivity contribution is 5.70. The number of carbonyl (C=O) groups excluding carboxylic acids is 2. The van der Waals surface area contributed by atoms with Gasteiger partial charge in [0, 0.05) is 12.8 Å². The SMILES string of the molecule is CC/C=C/C/C=C/C/C=C/C/C=C/CCCCC(=O)OC[C@H](CO)OC(=O)CCCCCCCCCC. The molecule has 37 heavy (non-hydrogen) atoms. The number of aliphatic hydroxyl groups is 1. The summed E-state index contributed by atoms with van der Waals surface area (Å²) in [4.78, 5) is 23.9. The lowest BCUT2D eigenvalue weighted by Gasteiger charge is -2.15. The number of carbonyl (C=O) groups is 2. The van der Waals surface area contributed by atoms with Crippen molar-refractivity contribution in [2.24, 2.45) is 0 Å². The maximum absolute atomic E-state index is 12.0. The summed E-state index contributed by atoms with van der Waals surface area (Å²) in [5, 5.41) is 9.43. The second-order valence-corrected chi connectivity index (χ2v) is 9.45. The predicted molar refractivity (Wildman–Crippen MR) is 154 cm³/mol.